The number of nitrogens with zero attached hydrogens (tertiary/aromatic N) is 1. The van der Waals surface area contributed by atoms with Crippen molar-refractivity contribution in [3.8, 4) is 0 Å². The Labute approximate surface area is 209 Å². The molecular weight excluding hydrogens is 495 g/mol. The summed E-state index contributed by atoms with van der Waals surface area (Å²) in [5.74, 6) is 1.51. The number of nitro groups is 1. The molecule has 4 rings (SSSR count). The van der Waals surface area contributed by atoms with Gasteiger partial charge in [-0.15, -0.1) is 0 Å². The Balaban J connectivity index is 1.75. The van der Waals surface area contributed by atoms with Crippen LogP contribution in [0.3, 0.4) is 0 Å². The van der Waals surface area contributed by atoms with E-state index in [1.165, 1.54) is 10.9 Å². The second-order valence-electron chi connectivity index (χ2n) is 10.3. The van der Waals surface area contributed by atoms with E-state index in [2.05, 4.69) is 45.1 Å². The molecule has 0 aromatic heterocycles. The molecule has 2 fully saturated rings. The minimum atomic E-state index is -0.469. The summed E-state index contributed by atoms with van der Waals surface area (Å²) in [5, 5.41) is 15.7. The Hall–Kier alpha value is -1.76. The van der Waals surface area contributed by atoms with Gasteiger partial charge in [0.15, 0.2) is 0 Å². The molecule has 2 aliphatic rings. The van der Waals surface area contributed by atoms with Gasteiger partial charge >= 0.3 is 209 Å². The summed E-state index contributed by atoms with van der Waals surface area (Å²) in [6.07, 6.45) is 1.78. The Kier molecular flexibility index (Phi) is 7.80. The average Bonchev–Trinajstić information content (AvgIpc) is 2.82. The summed E-state index contributed by atoms with van der Waals surface area (Å²) in [4.78, 5) is 11.5. The van der Waals surface area contributed by atoms with Crippen molar-refractivity contribution in [1.29, 1.82) is 0 Å². The minimum absolute atomic E-state index is 0.0459. The van der Waals surface area contributed by atoms with Gasteiger partial charge in [-0.3, -0.25) is 0 Å². The van der Waals surface area contributed by atoms with Crippen LogP contribution in [0.1, 0.15) is 52.2 Å². The Morgan fingerprint density at radius 3 is 2.47 bits per heavy atom. The molecule has 0 amide bonds. The van der Waals surface area contributed by atoms with E-state index in [4.69, 9.17) is 9.47 Å². The summed E-state index contributed by atoms with van der Waals surface area (Å²) < 4.78 is 14.2. The van der Waals surface area contributed by atoms with Gasteiger partial charge in [-0.05, 0) is 0 Å². The monoisotopic (exact) mass is 532 g/mol. The second kappa shape index (κ2) is 10.5. The van der Waals surface area contributed by atoms with Crippen molar-refractivity contribution in [2.24, 2.45) is 17.8 Å². The van der Waals surface area contributed by atoms with Crippen LogP contribution in [-0.2, 0) is 9.47 Å². The van der Waals surface area contributed by atoms with Gasteiger partial charge in [0, 0.05) is 0 Å². The molecule has 34 heavy (non-hydrogen) atoms. The number of hydrogen-bond donors (Lipinski definition) is 1. The van der Waals surface area contributed by atoms with Gasteiger partial charge in [0.05, 0.1) is 0 Å². The van der Waals surface area contributed by atoms with Crippen LogP contribution in [0, 0.1) is 27.9 Å². The zero-order chi connectivity index (χ0) is 24.5. The van der Waals surface area contributed by atoms with Crippen LogP contribution < -0.4 is 9.78 Å². The molecular formula is C27H36N2O4Se. The molecule has 184 valence electrons. The zero-order valence-corrected chi connectivity index (χ0v) is 22.4. The van der Waals surface area contributed by atoms with Crippen molar-refractivity contribution >= 4 is 25.1 Å². The van der Waals surface area contributed by atoms with Crippen LogP contribution in [0.25, 0.3) is 0 Å². The summed E-state index contributed by atoms with van der Waals surface area (Å²) >= 11 is -0.0459. The molecule has 7 heteroatoms. The van der Waals surface area contributed by atoms with Crippen molar-refractivity contribution in [2.45, 2.75) is 69.3 Å². The van der Waals surface area contributed by atoms with Crippen LogP contribution in [-0.4, -0.2) is 44.9 Å². The molecule has 0 unspecified atom stereocenters. The van der Waals surface area contributed by atoms with Crippen molar-refractivity contribution in [1.82, 2.24) is 5.32 Å². The van der Waals surface area contributed by atoms with E-state index in [1.54, 1.807) is 19.2 Å². The number of fused-ring (bicyclic) bond motifs is 1. The Bertz CT molecular complexity index is 986. The second-order valence-corrected chi connectivity index (χ2v) is 12.9. The molecule has 1 heterocycles. The van der Waals surface area contributed by atoms with E-state index in [1.807, 2.05) is 30.3 Å². The fourth-order valence-corrected chi connectivity index (χ4v) is 8.31. The van der Waals surface area contributed by atoms with Gasteiger partial charge in [0.25, 0.3) is 0 Å². The third-order valence-electron chi connectivity index (χ3n) is 7.80. The van der Waals surface area contributed by atoms with Gasteiger partial charge < -0.3 is 0 Å². The molecule has 1 saturated heterocycles. The maximum absolute atomic E-state index is 11.9. The SMILES string of the molecule is CO[C@H](c1ccccc1[N+](=O)[O-])[C@@H]([Se]c1ccccc1)[C@H]1NC(C)(C)[C@@H]2CC[C@@H](C)[C@H](C)[C@H]2O1. The van der Waals surface area contributed by atoms with Crippen molar-refractivity contribution in [3.05, 3.63) is 70.3 Å². The first-order valence-electron chi connectivity index (χ1n) is 12.1. The zero-order valence-electron chi connectivity index (χ0n) is 20.6. The number of rotatable bonds is 7. The maximum atomic E-state index is 11.9. The van der Waals surface area contributed by atoms with Crippen LogP contribution in [0.15, 0.2) is 54.6 Å². The average molecular weight is 532 g/mol. The third-order valence-corrected chi connectivity index (χ3v) is 10.5. The van der Waals surface area contributed by atoms with E-state index < -0.39 is 6.10 Å². The van der Waals surface area contributed by atoms with Gasteiger partial charge in [0.1, 0.15) is 0 Å². The summed E-state index contributed by atoms with van der Waals surface area (Å²) in [5.41, 5.74) is 0.595. The van der Waals surface area contributed by atoms with E-state index >= 15 is 0 Å². The number of nitrogens with one attached hydrogen (secondary N) is 1. The molecule has 1 N–H and O–H groups in total. The number of benzene rings is 2. The van der Waals surface area contributed by atoms with E-state index in [0.29, 0.717) is 23.3 Å². The molecule has 6 nitrogen and oxygen atoms in total. The molecule has 1 aliphatic carbocycles. The first-order chi connectivity index (χ1) is 16.2. The van der Waals surface area contributed by atoms with Gasteiger partial charge in [-0.2, -0.15) is 0 Å². The standard InChI is InChI=1S/C27H36N2O4Se/c1-17-15-16-21-23(18(17)2)33-26(28-27(21,3)4)25(34-19-11-7-6-8-12-19)24(32-5)20-13-9-10-14-22(20)29(30)31/h6-14,17-18,21,23-26,28H,15-16H2,1-5H3/t17-,18+,21-,23-,24-,25-,26+/m1/s1. The molecule has 0 radical (unpaired) electrons. The fraction of sp³-hybridized carbons (Fsp3) is 0.556. The number of hydrogen-bond acceptors (Lipinski definition) is 5. The summed E-state index contributed by atoms with van der Waals surface area (Å²) in [6, 6.07) is 17.3. The molecule has 0 spiro atoms. The normalized spacial score (nSPS) is 30.2. The number of nitro benzene ring substituents is 1. The molecule has 0 bridgehead atoms. The van der Waals surface area contributed by atoms with Gasteiger partial charge in [-0.25, -0.2) is 0 Å². The summed E-state index contributed by atoms with van der Waals surface area (Å²) in [6.45, 7) is 9.20. The topological polar surface area (TPSA) is 73.6 Å². The first-order valence-corrected chi connectivity index (χ1v) is 14.0. The van der Waals surface area contributed by atoms with Crippen molar-refractivity contribution in [2.75, 3.05) is 7.11 Å². The number of para-hydroxylation sites is 1. The van der Waals surface area contributed by atoms with E-state index in [0.717, 1.165) is 6.42 Å². The Morgan fingerprint density at radius 1 is 1.12 bits per heavy atom. The summed E-state index contributed by atoms with van der Waals surface area (Å²) in [7, 11) is 1.65. The Morgan fingerprint density at radius 2 is 1.79 bits per heavy atom. The van der Waals surface area contributed by atoms with Crippen LogP contribution in [0.4, 0.5) is 5.69 Å². The van der Waals surface area contributed by atoms with Crippen molar-refractivity contribution < 1.29 is 14.4 Å². The number of ether oxygens (including phenoxy) is 2. The van der Waals surface area contributed by atoms with Gasteiger partial charge in [0.2, 0.25) is 0 Å². The number of methoxy groups -OCH3 is 1. The quantitative estimate of drug-likeness (QED) is 0.313. The van der Waals surface area contributed by atoms with Crippen LogP contribution >= 0.6 is 0 Å². The van der Waals surface area contributed by atoms with Gasteiger partial charge in [-0.1, -0.05) is 0 Å². The van der Waals surface area contributed by atoms with Crippen LogP contribution in [0.5, 0.6) is 0 Å². The van der Waals surface area contributed by atoms with Crippen molar-refractivity contribution in [3.63, 3.8) is 0 Å². The molecule has 1 saturated carbocycles. The first kappa shape index (κ1) is 25.3. The van der Waals surface area contributed by atoms with E-state index in [-0.39, 0.29) is 48.3 Å². The molecule has 2 aromatic rings. The fourth-order valence-electron chi connectivity index (χ4n) is 5.66. The molecule has 2 aromatic carbocycles. The van der Waals surface area contributed by atoms with Crippen LogP contribution in [0.2, 0.25) is 4.82 Å². The predicted molar refractivity (Wildman–Crippen MR) is 135 cm³/mol. The predicted octanol–water partition coefficient (Wildman–Crippen LogP) is 4.88. The van der Waals surface area contributed by atoms with E-state index in [9.17, 15) is 10.1 Å². The third kappa shape index (κ3) is 5.09. The molecule has 1 aliphatic heterocycles. The molecule has 7 atom stereocenters.